The van der Waals surface area contributed by atoms with Crippen molar-refractivity contribution in [2.75, 3.05) is 13.1 Å². The van der Waals surface area contributed by atoms with Gasteiger partial charge in [-0.3, -0.25) is 4.79 Å². The van der Waals surface area contributed by atoms with E-state index in [1.807, 2.05) is 36.4 Å². The molecular formula is C22H19Cl2NO4S. The third-order valence-corrected chi connectivity index (χ3v) is 8.12. The van der Waals surface area contributed by atoms with Crippen LogP contribution in [0.4, 0.5) is 0 Å². The monoisotopic (exact) mass is 463 g/mol. The first-order valence-corrected chi connectivity index (χ1v) is 11.7. The van der Waals surface area contributed by atoms with Crippen LogP contribution in [0.3, 0.4) is 0 Å². The molecular weight excluding hydrogens is 445 g/mol. The van der Waals surface area contributed by atoms with Crippen molar-refractivity contribution in [1.29, 1.82) is 0 Å². The second-order valence-corrected chi connectivity index (χ2v) is 9.82. The first-order valence-electron chi connectivity index (χ1n) is 9.51. The molecule has 1 saturated heterocycles. The fraction of sp³-hybridized carbons (Fsp3) is 0.227. The van der Waals surface area contributed by atoms with E-state index in [0.717, 1.165) is 10.8 Å². The van der Waals surface area contributed by atoms with Crippen LogP contribution in [0.2, 0.25) is 10.0 Å². The molecule has 0 bridgehead atoms. The highest BCUT2D eigenvalue weighted by Crippen LogP contribution is 2.34. The molecule has 156 valence electrons. The van der Waals surface area contributed by atoms with E-state index in [0.29, 0.717) is 18.6 Å². The summed E-state index contributed by atoms with van der Waals surface area (Å²) in [5.74, 6) is -0.215. The van der Waals surface area contributed by atoms with E-state index < -0.39 is 10.0 Å². The van der Waals surface area contributed by atoms with Crippen LogP contribution in [0.25, 0.3) is 10.8 Å². The molecule has 0 spiro atoms. The summed E-state index contributed by atoms with van der Waals surface area (Å²) in [5, 5.41) is 2.02. The number of piperidine rings is 1. The van der Waals surface area contributed by atoms with Crippen molar-refractivity contribution in [2.45, 2.75) is 17.7 Å². The summed E-state index contributed by atoms with van der Waals surface area (Å²) in [6.07, 6.45) is 0.732. The lowest BCUT2D eigenvalue weighted by Crippen LogP contribution is -2.41. The average molecular weight is 464 g/mol. The first-order chi connectivity index (χ1) is 14.4. The number of sulfonamides is 1. The minimum atomic E-state index is -3.84. The SMILES string of the molecule is O=C(Oc1cccc2ccccc12)C1CCN(S(=O)(=O)c2c(Cl)cccc2Cl)CC1. The summed E-state index contributed by atoms with van der Waals surface area (Å²) in [5.41, 5.74) is 0. The predicted octanol–water partition coefficient (Wildman–Crippen LogP) is 5.15. The number of hydrogen-bond donors (Lipinski definition) is 0. The zero-order valence-electron chi connectivity index (χ0n) is 15.9. The Morgan fingerprint density at radius 1 is 0.900 bits per heavy atom. The Bertz CT molecular complexity index is 1180. The summed E-state index contributed by atoms with van der Waals surface area (Å²) in [4.78, 5) is 12.6. The molecule has 3 aromatic rings. The number of hydrogen-bond acceptors (Lipinski definition) is 4. The number of esters is 1. The van der Waals surface area contributed by atoms with E-state index in [1.54, 1.807) is 12.1 Å². The van der Waals surface area contributed by atoms with Crippen molar-refractivity contribution in [3.8, 4) is 5.75 Å². The normalized spacial score (nSPS) is 15.9. The number of ether oxygens (including phenoxy) is 1. The molecule has 1 heterocycles. The van der Waals surface area contributed by atoms with Crippen molar-refractivity contribution in [1.82, 2.24) is 4.31 Å². The van der Waals surface area contributed by atoms with Gasteiger partial charge in [0.05, 0.1) is 16.0 Å². The van der Waals surface area contributed by atoms with Gasteiger partial charge in [0.1, 0.15) is 10.6 Å². The Labute approximate surface area is 185 Å². The molecule has 1 aliphatic rings. The van der Waals surface area contributed by atoms with Gasteiger partial charge in [0, 0.05) is 18.5 Å². The molecule has 0 saturated carbocycles. The van der Waals surface area contributed by atoms with Crippen LogP contribution in [0.5, 0.6) is 5.75 Å². The number of nitrogens with zero attached hydrogens (tertiary/aromatic N) is 1. The molecule has 0 unspecified atom stereocenters. The third kappa shape index (κ3) is 4.05. The quantitative estimate of drug-likeness (QED) is 0.396. The summed E-state index contributed by atoms with van der Waals surface area (Å²) < 4.78 is 33.0. The van der Waals surface area contributed by atoms with Gasteiger partial charge in [-0.1, -0.05) is 65.7 Å². The van der Waals surface area contributed by atoms with Gasteiger partial charge in [-0.05, 0) is 36.4 Å². The van der Waals surface area contributed by atoms with Gasteiger partial charge in [-0.15, -0.1) is 0 Å². The number of halogens is 2. The van der Waals surface area contributed by atoms with Crippen LogP contribution in [0.15, 0.2) is 65.6 Å². The molecule has 4 rings (SSSR count). The van der Waals surface area contributed by atoms with Gasteiger partial charge in [0.15, 0.2) is 0 Å². The van der Waals surface area contributed by atoms with Crippen LogP contribution in [-0.2, 0) is 14.8 Å². The fourth-order valence-electron chi connectivity index (χ4n) is 3.67. The molecule has 3 aromatic carbocycles. The van der Waals surface area contributed by atoms with E-state index in [-0.39, 0.29) is 39.9 Å². The Balaban J connectivity index is 1.46. The molecule has 5 nitrogen and oxygen atoms in total. The van der Waals surface area contributed by atoms with E-state index in [4.69, 9.17) is 27.9 Å². The fourth-order valence-corrected chi connectivity index (χ4v) is 6.23. The molecule has 8 heteroatoms. The standard InChI is InChI=1S/C22H19Cl2NO4S/c23-18-8-4-9-19(24)21(18)30(27,28)25-13-11-16(12-14-25)22(26)29-20-10-3-6-15-5-1-2-7-17(15)20/h1-10,16H,11-14H2. The Morgan fingerprint density at radius 2 is 1.50 bits per heavy atom. The van der Waals surface area contributed by atoms with Gasteiger partial charge in [0.2, 0.25) is 10.0 Å². The van der Waals surface area contributed by atoms with Gasteiger partial charge >= 0.3 is 5.97 Å². The van der Waals surface area contributed by atoms with Crippen molar-refractivity contribution in [2.24, 2.45) is 5.92 Å². The minimum Gasteiger partial charge on any atom is -0.426 e. The second kappa shape index (κ2) is 8.55. The maximum atomic E-state index is 13.0. The highest BCUT2D eigenvalue weighted by Gasteiger charge is 2.35. The van der Waals surface area contributed by atoms with E-state index in [1.165, 1.54) is 16.4 Å². The number of rotatable bonds is 4. The zero-order chi connectivity index (χ0) is 21.3. The van der Waals surface area contributed by atoms with Crippen molar-refractivity contribution in [3.05, 3.63) is 70.7 Å². The minimum absolute atomic E-state index is 0.0833. The van der Waals surface area contributed by atoms with Crippen LogP contribution in [0.1, 0.15) is 12.8 Å². The molecule has 0 aliphatic carbocycles. The first kappa shape index (κ1) is 21.1. The van der Waals surface area contributed by atoms with Gasteiger partial charge in [-0.25, -0.2) is 8.42 Å². The highest BCUT2D eigenvalue weighted by molar-refractivity contribution is 7.89. The number of benzene rings is 3. The molecule has 0 atom stereocenters. The molecule has 0 N–H and O–H groups in total. The second-order valence-electron chi connectivity index (χ2n) is 7.13. The van der Waals surface area contributed by atoms with Crippen molar-refractivity contribution < 1.29 is 17.9 Å². The number of carbonyl (C=O) groups excluding carboxylic acids is 1. The molecule has 1 aliphatic heterocycles. The molecule has 1 fully saturated rings. The Kier molecular flexibility index (Phi) is 6.02. The number of carbonyl (C=O) groups is 1. The highest BCUT2D eigenvalue weighted by atomic mass is 35.5. The van der Waals surface area contributed by atoms with Gasteiger partial charge in [-0.2, -0.15) is 4.31 Å². The van der Waals surface area contributed by atoms with E-state index in [9.17, 15) is 13.2 Å². The summed E-state index contributed by atoms with van der Waals surface area (Å²) >= 11 is 12.2. The van der Waals surface area contributed by atoms with Crippen molar-refractivity contribution in [3.63, 3.8) is 0 Å². The average Bonchev–Trinajstić information content (AvgIpc) is 2.74. The topological polar surface area (TPSA) is 63.7 Å². The smallest absolute Gasteiger partial charge is 0.314 e. The van der Waals surface area contributed by atoms with Crippen LogP contribution in [0, 0.1) is 5.92 Å². The van der Waals surface area contributed by atoms with Crippen molar-refractivity contribution >= 4 is 50.0 Å². The van der Waals surface area contributed by atoms with Gasteiger partial charge < -0.3 is 4.74 Å². The van der Waals surface area contributed by atoms with Crippen LogP contribution < -0.4 is 4.74 Å². The van der Waals surface area contributed by atoms with E-state index >= 15 is 0 Å². The summed E-state index contributed by atoms with van der Waals surface area (Å²) in [6, 6.07) is 17.8. The molecule has 0 aromatic heterocycles. The van der Waals surface area contributed by atoms with Crippen LogP contribution in [-0.4, -0.2) is 31.8 Å². The maximum Gasteiger partial charge on any atom is 0.314 e. The number of fused-ring (bicyclic) bond motifs is 1. The van der Waals surface area contributed by atoms with Crippen LogP contribution >= 0.6 is 23.2 Å². The predicted molar refractivity (Wildman–Crippen MR) is 118 cm³/mol. The lowest BCUT2D eigenvalue weighted by atomic mass is 9.98. The lowest BCUT2D eigenvalue weighted by Gasteiger charge is -2.30. The third-order valence-electron chi connectivity index (χ3n) is 5.26. The lowest BCUT2D eigenvalue weighted by molar-refractivity contribution is -0.140. The Hall–Kier alpha value is -2.12. The molecule has 0 radical (unpaired) electrons. The van der Waals surface area contributed by atoms with E-state index in [2.05, 4.69) is 0 Å². The molecule has 30 heavy (non-hydrogen) atoms. The largest absolute Gasteiger partial charge is 0.426 e. The van der Waals surface area contributed by atoms with Gasteiger partial charge in [0.25, 0.3) is 0 Å². The zero-order valence-corrected chi connectivity index (χ0v) is 18.3. The summed E-state index contributed by atoms with van der Waals surface area (Å²) in [6.45, 7) is 0.387. The molecule has 0 amide bonds. The maximum absolute atomic E-state index is 13.0. The summed E-state index contributed by atoms with van der Waals surface area (Å²) in [7, 11) is -3.84. The Morgan fingerprint density at radius 3 is 2.20 bits per heavy atom.